The number of urea groups is 1. The summed E-state index contributed by atoms with van der Waals surface area (Å²) in [7, 11) is 0. The van der Waals surface area contributed by atoms with Crippen LogP contribution in [-0.4, -0.2) is 36.2 Å². The normalized spacial score (nSPS) is 17.8. The third-order valence-electron chi connectivity index (χ3n) is 4.09. The third kappa shape index (κ3) is 4.65. The van der Waals surface area contributed by atoms with Crippen molar-refractivity contribution in [2.24, 2.45) is 0 Å². The zero-order valence-corrected chi connectivity index (χ0v) is 14.0. The van der Waals surface area contributed by atoms with E-state index in [1.54, 1.807) is 0 Å². The number of carbonyl (C=O) groups excluding carboxylic acids is 1. The molecule has 1 saturated heterocycles. The second-order valence-corrected chi connectivity index (χ2v) is 6.19. The zero-order valence-electron chi connectivity index (χ0n) is 14.0. The average Bonchev–Trinajstić information content (AvgIpc) is 2.97. The molecule has 122 valence electrons. The first kappa shape index (κ1) is 16.7. The summed E-state index contributed by atoms with van der Waals surface area (Å²) < 4.78 is 5.63. The van der Waals surface area contributed by atoms with E-state index in [1.165, 1.54) is 5.56 Å². The SMILES string of the molecule is CC[C@@H]1CCCN1C(=O)NCCc1ccc(OC(C)C)cc1. The van der Waals surface area contributed by atoms with Crippen LogP contribution in [0.3, 0.4) is 0 Å². The molecular weight excluding hydrogens is 276 g/mol. The first-order valence-electron chi connectivity index (χ1n) is 8.40. The van der Waals surface area contributed by atoms with Crippen molar-refractivity contribution in [1.82, 2.24) is 10.2 Å². The third-order valence-corrected chi connectivity index (χ3v) is 4.09. The van der Waals surface area contributed by atoms with Crippen LogP contribution in [0.2, 0.25) is 0 Å². The largest absolute Gasteiger partial charge is 0.491 e. The molecule has 22 heavy (non-hydrogen) atoms. The highest BCUT2D eigenvalue weighted by Gasteiger charge is 2.26. The summed E-state index contributed by atoms with van der Waals surface area (Å²) in [5.41, 5.74) is 1.21. The molecule has 0 radical (unpaired) electrons. The summed E-state index contributed by atoms with van der Waals surface area (Å²) in [6.45, 7) is 7.76. The Kier molecular flexibility index (Phi) is 6.10. The van der Waals surface area contributed by atoms with Gasteiger partial charge in [0.2, 0.25) is 0 Å². The summed E-state index contributed by atoms with van der Waals surface area (Å²) >= 11 is 0. The van der Waals surface area contributed by atoms with Gasteiger partial charge in [0, 0.05) is 19.1 Å². The second kappa shape index (κ2) is 8.06. The second-order valence-electron chi connectivity index (χ2n) is 6.19. The molecule has 4 heteroatoms. The number of hydrogen-bond acceptors (Lipinski definition) is 2. The van der Waals surface area contributed by atoms with E-state index in [0.29, 0.717) is 12.6 Å². The number of nitrogens with zero attached hydrogens (tertiary/aromatic N) is 1. The van der Waals surface area contributed by atoms with Crippen molar-refractivity contribution in [3.8, 4) is 5.75 Å². The lowest BCUT2D eigenvalue weighted by atomic mass is 10.1. The fourth-order valence-electron chi connectivity index (χ4n) is 2.95. The summed E-state index contributed by atoms with van der Waals surface area (Å²) in [5, 5.41) is 3.04. The van der Waals surface area contributed by atoms with Gasteiger partial charge in [-0.3, -0.25) is 0 Å². The highest BCUT2D eigenvalue weighted by molar-refractivity contribution is 5.74. The minimum Gasteiger partial charge on any atom is -0.491 e. The van der Waals surface area contributed by atoms with Crippen molar-refractivity contribution < 1.29 is 9.53 Å². The van der Waals surface area contributed by atoms with Crippen LogP contribution in [0.25, 0.3) is 0 Å². The maximum absolute atomic E-state index is 12.2. The Balaban J connectivity index is 1.75. The monoisotopic (exact) mass is 304 g/mol. The molecule has 1 N–H and O–H groups in total. The van der Waals surface area contributed by atoms with Gasteiger partial charge in [0.05, 0.1) is 6.10 Å². The molecule has 0 aliphatic carbocycles. The van der Waals surface area contributed by atoms with E-state index in [-0.39, 0.29) is 12.1 Å². The number of likely N-dealkylation sites (tertiary alicyclic amines) is 1. The molecule has 2 amide bonds. The highest BCUT2D eigenvalue weighted by Crippen LogP contribution is 2.19. The molecular formula is C18H28N2O2. The molecule has 1 aromatic carbocycles. The zero-order chi connectivity index (χ0) is 15.9. The average molecular weight is 304 g/mol. The van der Waals surface area contributed by atoms with E-state index in [2.05, 4.69) is 24.4 Å². The topological polar surface area (TPSA) is 41.6 Å². The lowest BCUT2D eigenvalue weighted by Gasteiger charge is -2.23. The van der Waals surface area contributed by atoms with E-state index in [4.69, 9.17) is 4.74 Å². The molecule has 0 saturated carbocycles. The number of nitrogens with one attached hydrogen (secondary N) is 1. The van der Waals surface area contributed by atoms with Crippen molar-refractivity contribution in [2.45, 2.75) is 58.6 Å². The molecule has 0 spiro atoms. The quantitative estimate of drug-likeness (QED) is 0.872. The Hall–Kier alpha value is -1.71. The maximum atomic E-state index is 12.2. The van der Waals surface area contributed by atoms with Crippen LogP contribution in [0.1, 0.15) is 45.6 Å². The van der Waals surface area contributed by atoms with Crippen LogP contribution in [-0.2, 0) is 6.42 Å². The van der Waals surface area contributed by atoms with Gasteiger partial charge in [-0.15, -0.1) is 0 Å². The van der Waals surface area contributed by atoms with Crippen LogP contribution >= 0.6 is 0 Å². The Morgan fingerprint density at radius 3 is 2.73 bits per heavy atom. The first-order valence-corrected chi connectivity index (χ1v) is 8.40. The lowest BCUT2D eigenvalue weighted by molar-refractivity contribution is 0.191. The number of carbonyl (C=O) groups is 1. The molecule has 1 aliphatic heterocycles. The van der Waals surface area contributed by atoms with Gasteiger partial charge in [-0.05, 0) is 57.2 Å². The van der Waals surface area contributed by atoms with E-state index < -0.39 is 0 Å². The van der Waals surface area contributed by atoms with E-state index >= 15 is 0 Å². The molecule has 0 unspecified atom stereocenters. The summed E-state index contributed by atoms with van der Waals surface area (Å²) in [6, 6.07) is 8.62. The molecule has 1 fully saturated rings. The van der Waals surface area contributed by atoms with Crippen molar-refractivity contribution in [2.75, 3.05) is 13.1 Å². The van der Waals surface area contributed by atoms with E-state index in [0.717, 1.165) is 38.0 Å². The van der Waals surface area contributed by atoms with Crippen LogP contribution in [0, 0.1) is 0 Å². The first-order chi connectivity index (χ1) is 10.6. The molecule has 2 rings (SSSR count). The molecule has 0 bridgehead atoms. The number of rotatable bonds is 6. The molecule has 1 aliphatic rings. The van der Waals surface area contributed by atoms with Gasteiger partial charge in [-0.1, -0.05) is 19.1 Å². The number of amides is 2. The van der Waals surface area contributed by atoms with Crippen molar-refractivity contribution in [3.05, 3.63) is 29.8 Å². The summed E-state index contributed by atoms with van der Waals surface area (Å²) in [5.74, 6) is 0.894. The van der Waals surface area contributed by atoms with Gasteiger partial charge in [0.15, 0.2) is 0 Å². The molecule has 0 aromatic heterocycles. The lowest BCUT2D eigenvalue weighted by Crippen LogP contribution is -2.43. The summed E-state index contributed by atoms with van der Waals surface area (Å²) in [6.07, 6.45) is 4.35. The Labute approximate surface area is 133 Å². The fourth-order valence-corrected chi connectivity index (χ4v) is 2.95. The number of ether oxygens (including phenoxy) is 1. The van der Waals surface area contributed by atoms with Crippen LogP contribution in [0.4, 0.5) is 4.79 Å². The van der Waals surface area contributed by atoms with E-state index in [9.17, 15) is 4.79 Å². The van der Waals surface area contributed by atoms with Crippen molar-refractivity contribution in [3.63, 3.8) is 0 Å². The predicted molar refractivity (Wildman–Crippen MR) is 89.3 cm³/mol. The smallest absolute Gasteiger partial charge is 0.317 e. The van der Waals surface area contributed by atoms with Crippen molar-refractivity contribution >= 4 is 6.03 Å². The fraction of sp³-hybridized carbons (Fsp3) is 0.611. The molecule has 1 aromatic rings. The van der Waals surface area contributed by atoms with Gasteiger partial charge in [-0.25, -0.2) is 4.79 Å². The minimum absolute atomic E-state index is 0.0871. The molecule has 1 heterocycles. The Morgan fingerprint density at radius 2 is 2.09 bits per heavy atom. The highest BCUT2D eigenvalue weighted by atomic mass is 16.5. The Bertz CT molecular complexity index is 470. The molecule has 1 atom stereocenters. The van der Waals surface area contributed by atoms with Gasteiger partial charge < -0.3 is 15.0 Å². The maximum Gasteiger partial charge on any atom is 0.317 e. The number of benzene rings is 1. The summed E-state index contributed by atoms with van der Waals surface area (Å²) in [4.78, 5) is 14.2. The van der Waals surface area contributed by atoms with Gasteiger partial charge in [-0.2, -0.15) is 0 Å². The predicted octanol–water partition coefficient (Wildman–Crippen LogP) is 3.60. The number of hydrogen-bond donors (Lipinski definition) is 1. The van der Waals surface area contributed by atoms with Crippen LogP contribution in [0.15, 0.2) is 24.3 Å². The van der Waals surface area contributed by atoms with Crippen molar-refractivity contribution in [1.29, 1.82) is 0 Å². The van der Waals surface area contributed by atoms with Gasteiger partial charge >= 0.3 is 6.03 Å². The van der Waals surface area contributed by atoms with Crippen LogP contribution < -0.4 is 10.1 Å². The van der Waals surface area contributed by atoms with Gasteiger partial charge in [0.1, 0.15) is 5.75 Å². The van der Waals surface area contributed by atoms with E-state index in [1.807, 2.05) is 30.9 Å². The minimum atomic E-state index is 0.0871. The standard InChI is InChI=1S/C18H28N2O2/c1-4-16-6-5-13-20(16)18(21)19-12-11-15-7-9-17(10-8-15)22-14(2)3/h7-10,14,16H,4-6,11-13H2,1-3H3,(H,19,21)/t16-/m1/s1. The van der Waals surface area contributed by atoms with Gasteiger partial charge in [0.25, 0.3) is 0 Å². The Morgan fingerprint density at radius 1 is 1.36 bits per heavy atom. The van der Waals surface area contributed by atoms with Crippen LogP contribution in [0.5, 0.6) is 5.75 Å². The molecule has 4 nitrogen and oxygen atoms in total.